The molecule has 1 aromatic carbocycles. The van der Waals surface area contributed by atoms with Crippen molar-refractivity contribution in [3.05, 3.63) is 35.1 Å². The molecule has 92 valence electrons. The van der Waals surface area contributed by atoms with Crippen molar-refractivity contribution in [2.45, 2.75) is 19.9 Å². The SMILES string of the molecule is CCN(CCO)C(C#N)c1ccc(F)c(C)c1. The Kier molecular flexibility index (Phi) is 5.08. The molecule has 0 radical (unpaired) electrons. The van der Waals surface area contributed by atoms with Gasteiger partial charge >= 0.3 is 0 Å². The second kappa shape index (κ2) is 6.33. The summed E-state index contributed by atoms with van der Waals surface area (Å²) >= 11 is 0. The Morgan fingerprint density at radius 3 is 2.71 bits per heavy atom. The molecule has 0 aromatic heterocycles. The lowest BCUT2D eigenvalue weighted by atomic mass is 10.0. The van der Waals surface area contributed by atoms with Crippen LogP contribution in [0.1, 0.15) is 24.1 Å². The van der Waals surface area contributed by atoms with E-state index >= 15 is 0 Å². The van der Waals surface area contributed by atoms with Crippen molar-refractivity contribution >= 4 is 0 Å². The van der Waals surface area contributed by atoms with Crippen LogP contribution in [0.4, 0.5) is 4.39 Å². The zero-order valence-corrected chi connectivity index (χ0v) is 10.2. The van der Waals surface area contributed by atoms with Crippen LogP contribution in [0.3, 0.4) is 0 Å². The molecule has 0 heterocycles. The maximum Gasteiger partial charge on any atom is 0.126 e. The highest BCUT2D eigenvalue weighted by atomic mass is 19.1. The van der Waals surface area contributed by atoms with Crippen molar-refractivity contribution in [1.82, 2.24) is 4.90 Å². The third-order valence-corrected chi connectivity index (χ3v) is 2.78. The summed E-state index contributed by atoms with van der Waals surface area (Å²) in [5, 5.41) is 18.1. The molecule has 0 spiro atoms. The van der Waals surface area contributed by atoms with Crippen molar-refractivity contribution in [1.29, 1.82) is 5.26 Å². The first kappa shape index (κ1) is 13.6. The molecule has 0 saturated heterocycles. The van der Waals surface area contributed by atoms with Gasteiger partial charge in [-0.2, -0.15) is 5.26 Å². The molecule has 1 aromatic rings. The highest BCUT2D eigenvalue weighted by Crippen LogP contribution is 2.21. The summed E-state index contributed by atoms with van der Waals surface area (Å²) in [6, 6.07) is 6.44. The summed E-state index contributed by atoms with van der Waals surface area (Å²) in [4.78, 5) is 1.85. The second-order valence-corrected chi connectivity index (χ2v) is 3.89. The van der Waals surface area contributed by atoms with Gasteiger partial charge < -0.3 is 5.11 Å². The van der Waals surface area contributed by atoms with E-state index in [-0.39, 0.29) is 12.4 Å². The Hall–Kier alpha value is -1.44. The smallest absolute Gasteiger partial charge is 0.126 e. The van der Waals surface area contributed by atoms with Crippen LogP contribution < -0.4 is 0 Å². The Bertz CT molecular complexity index is 414. The fraction of sp³-hybridized carbons (Fsp3) is 0.462. The number of hydrogen-bond donors (Lipinski definition) is 1. The van der Waals surface area contributed by atoms with Gasteiger partial charge in [-0.15, -0.1) is 0 Å². The van der Waals surface area contributed by atoms with Gasteiger partial charge in [-0.1, -0.05) is 19.1 Å². The maximum atomic E-state index is 13.2. The number of hydrogen-bond acceptors (Lipinski definition) is 3. The topological polar surface area (TPSA) is 47.3 Å². The predicted octanol–water partition coefficient (Wildman–Crippen LogP) is 2.01. The standard InChI is InChI=1S/C13H17FN2O/c1-3-16(6-7-17)13(9-15)11-4-5-12(14)10(2)8-11/h4-5,8,13,17H,3,6-7H2,1-2H3. The van der Waals surface area contributed by atoms with Crippen molar-refractivity contribution in [2.75, 3.05) is 19.7 Å². The van der Waals surface area contributed by atoms with Gasteiger partial charge in [0.25, 0.3) is 0 Å². The number of aliphatic hydroxyl groups is 1. The van der Waals surface area contributed by atoms with Crippen LogP contribution in [-0.4, -0.2) is 29.7 Å². The average molecular weight is 236 g/mol. The Balaban J connectivity index is 3.00. The van der Waals surface area contributed by atoms with E-state index in [9.17, 15) is 9.65 Å². The average Bonchev–Trinajstić information content (AvgIpc) is 2.33. The summed E-state index contributed by atoms with van der Waals surface area (Å²) in [5.74, 6) is -0.268. The van der Waals surface area contributed by atoms with Gasteiger partial charge in [0.2, 0.25) is 0 Å². The quantitative estimate of drug-likeness (QED) is 0.850. The van der Waals surface area contributed by atoms with E-state index in [1.54, 1.807) is 19.1 Å². The van der Waals surface area contributed by atoms with E-state index in [1.807, 2.05) is 11.8 Å². The van der Waals surface area contributed by atoms with Gasteiger partial charge in [-0.05, 0) is 30.7 Å². The number of rotatable bonds is 5. The number of aliphatic hydroxyl groups excluding tert-OH is 1. The number of benzene rings is 1. The molecule has 0 bridgehead atoms. The maximum absolute atomic E-state index is 13.2. The summed E-state index contributed by atoms with van der Waals surface area (Å²) in [6.07, 6.45) is 0. The van der Waals surface area contributed by atoms with Crippen LogP contribution in [0.2, 0.25) is 0 Å². The minimum atomic E-state index is -0.438. The van der Waals surface area contributed by atoms with E-state index in [2.05, 4.69) is 6.07 Å². The minimum Gasteiger partial charge on any atom is -0.395 e. The van der Waals surface area contributed by atoms with Crippen molar-refractivity contribution in [3.8, 4) is 6.07 Å². The molecular weight excluding hydrogens is 219 g/mol. The van der Waals surface area contributed by atoms with Gasteiger partial charge in [0, 0.05) is 6.54 Å². The van der Waals surface area contributed by atoms with E-state index in [0.29, 0.717) is 18.7 Å². The number of nitriles is 1. The number of halogens is 1. The molecule has 17 heavy (non-hydrogen) atoms. The summed E-state index contributed by atoms with van der Waals surface area (Å²) < 4.78 is 13.2. The van der Waals surface area contributed by atoms with Crippen molar-refractivity contribution in [3.63, 3.8) is 0 Å². The molecule has 0 aliphatic rings. The molecule has 1 atom stereocenters. The third kappa shape index (κ3) is 3.26. The van der Waals surface area contributed by atoms with Crippen LogP contribution >= 0.6 is 0 Å². The molecule has 0 aliphatic carbocycles. The lowest BCUT2D eigenvalue weighted by Crippen LogP contribution is -2.30. The van der Waals surface area contributed by atoms with E-state index in [0.717, 1.165) is 5.56 Å². The monoisotopic (exact) mass is 236 g/mol. The normalized spacial score (nSPS) is 12.5. The fourth-order valence-electron chi connectivity index (χ4n) is 1.80. The molecule has 1 N–H and O–H groups in total. The number of likely N-dealkylation sites (N-methyl/N-ethyl adjacent to an activating group) is 1. The van der Waals surface area contributed by atoms with Gasteiger partial charge in [0.1, 0.15) is 11.9 Å². The Labute approximate surface area is 101 Å². The van der Waals surface area contributed by atoms with Gasteiger partial charge in [0.15, 0.2) is 0 Å². The first-order valence-corrected chi connectivity index (χ1v) is 5.64. The van der Waals surface area contributed by atoms with E-state index in [1.165, 1.54) is 6.07 Å². The zero-order valence-electron chi connectivity index (χ0n) is 10.2. The van der Waals surface area contributed by atoms with Crippen LogP contribution in [0, 0.1) is 24.1 Å². The van der Waals surface area contributed by atoms with Gasteiger partial charge in [-0.25, -0.2) is 4.39 Å². The Morgan fingerprint density at radius 1 is 1.53 bits per heavy atom. The largest absolute Gasteiger partial charge is 0.395 e. The molecule has 4 heteroatoms. The molecule has 0 fully saturated rings. The fourth-order valence-corrected chi connectivity index (χ4v) is 1.80. The highest BCUT2D eigenvalue weighted by molar-refractivity contribution is 5.29. The first-order valence-electron chi connectivity index (χ1n) is 5.64. The molecule has 1 rings (SSSR count). The van der Waals surface area contributed by atoms with Crippen LogP contribution in [-0.2, 0) is 0 Å². The van der Waals surface area contributed by atoms with Crippen LogP contribution in [0.5, 0.6) is 0 Å². The first-order chi connectivity index (χ1) is 8.13. The molecule has 0 amide bonds. The lowest BCUT2D eigenvalue weighted by molar-refractivity contribution is 0.180. The highest BCUT2D eigenvalue weighted by Gasteiger charge is 2.18. The van der Waals surface area contributed by atoms with Crippen LogP contribution in [0.25, 0.3) is 0 Å². The Morgan fingerprint density at radius 2 is 2.24 bits per heavy atom. The summed E-state index contributed by atoms with van der Waals surface area (Å²) in [5.41, 5.74) is 1.30. The molecule has 0 aliphatic heterocycles. The van der Waals surface area contributed by atoms with Crippen LogP contribution in [0.15, 0.2) is 18.2 Å². The summed E-state index contributed by atoms with van der Waals surface area (Å²) in [7, 11) is 0. The molecular formula is C13H17FN2O. The predicted molar refractivity (Wildman–Crippen MR) is 63.8 cm³/mol. The lowest BCUT2D eigenvalue weighted by Gasteiger charge is -2.25. The van der Waals surface area contributed by atoms with E-state index in [4.69, 9.17) is 5.11 Å². The third-order valence-electron chi connectivity index (χ3n) is 2.78. The minimum absolute atomic E-state index is 0.00615. The van der Waals surface area contributed by atoms with Crippen molar-refractivity contribution in [2.24, 2.45) is 0 Å². The second-order valence-electron chi connectivity index (χ2n) is 3.89. The van der Waals surface area contributed by atoms with E-state index < -0.39 is 6.04 Å². The molecule has 0 saturated carbocycles. The number of nitrogens with zero attached hydrogens (tertiary/aromatic N) is 2. The molecule has 1 unspecified atom stereocenters. The zero-order chi connectivity index (χ0) is 12.8. The number of aryl methyl sites for hydroxylation is 1. The van der Waals surface area contributed by atoms with Crippen molar-refractivity contribution < 1.29 is 9.50 Å². The molecule has 3 nitrogen and oxygen atoms in total. The summed E-state index contributed by atoms with van der Waals surface area (Å²) in [6.45, 7) is 4.71. The van der Waals surface area contributed by atoms with Gasteiger partial charge in [0.05, 0.1) is 12.7 Å². The van der Waals surface area contributed by atoms with Gasteiger partial charge in [-0.3, -0.25) is 4.90 Å².